The average Bonchev–Trinajstić information content (AvgIpc) is 2.55. The quantitative estimate of drug-likeness (QED) is 0.618. The van der Waals surface area contributed by atoms with Gasteiger partial charge in [-0.3, -0.25) is 9.69 Å². The summed E-state index contributed by atoms with van der Waals surface area (Å²) in [5, 5.41) is 0. The molecule has 0 amide bonds. The Morgan fingerprint density at radius 2 is 1.70 bits per heavy atom. The molecule has 0 spiro atoms. The van der Waals surface area contributed by atoms with Gasteiger partial charge in [0.25, 0.3) is 0 Å². The molecule has 1 saturated heterocycles. The van der Waals surface area contributed by atoms with Crippen molar-refractivity contribution < 1.29 is 22.7 Å². The lowest BCUT2D eigenvalue weighted by Crippen LogP contribution is -2.37. The number of nitrogens with zero attached hydrogens (tertiary/aromatic N) is 1. The number of esters is 1. The Bertz CT molecular complexity index is 612. The predicted octanol–water partition coefficient (Wildman–Crippen LogP) is 5.60. The van der Waals surface area contributed by atoms with Crippen LogP contribution in [0.25, 0.3) is 0 Å². The molecule has 1 heterocycles. The van der Waals surface area contributed by atoms with Gasteiger partial charge in [0.1, 0.15) is 5.60 Å². The van der Waals surface area contributed by atoms with Gasteiger partial charge in [0.05, 0.1) is 5.56 Å². The smallest absolute Gasteiger partial charge is 0.416 e. The summed E-state index contributed by atoms with van der Waals surface area (Å²) >= 11 is 0. The molecule has 1 aromatic rings. The van der Waals surface area contributed by atoms with Crippen LogP contribution in [0.1, 0.15) is 70.5 Å². The van der Waals surface area contributed by atoms with Gasteiger partial charge in [-0.05, 0) is 76.7 Å². The predicted molar refractivity (Wildman–Crippen MR) is 99.2 cm³/mol. The molecule has 0 radical (unpaired) electrons. The second kappa shape index (κ2) is 8.63. The van der Waals surface area contributed by atoms with Crippen LogP contribution in [0.3, 0.4) is 0 Å². The van der Waals surface area contributed by atoms with Gasteiger partial charge < -0.3 is 4.74 Å². The lowest BCUT2D eigenvalue weighted by atomic mass is 9.91. The number of hydrogen-bond acceptors (Lipinski definition) is 3. The van der Waals surface area contributed by atoms with Crippen molar-refractivity contribution >= 4 is 5.97 Å². The van der Waals surface area contributed by atoms with Crippen LogP contribution in [0, 0.1) is 5.92 Å². The summed E-state index contributed by atoms with van der Waals surface area (Å²) < 4.78 is 43.7. The molecule has 1 aliphatic heterocycles. The molecule has 1 aromatic carbocycles. The maximum Gasteiger partial charge on any atom is 0.416 e. The number of rotatable bonds is 5. The normalized spacial score (nSPS) is 18.3. The van der Waals surface area contributed by atoms with Crippen molar-refractivity contribution in [3.63, 3.8) is 0 Å². The van der Waals surface area contributed by atoms with E-state index in [1.165, 1.54) is 0 Å². The first-order valence-electron chi connectivity index (χ1n) is 9.62. The van der Waals surface area contributed by atoms with Gasteiger partial charge in [0.15, 0.2) is 0 Å². The van der Waals surface area contributed by atoms with Crippen LogP contribution in [-0.2, 0) is 15.7 Å². The third-order valence-corrected chi connectivity index (χ3v) is 4.97. The van der Waals surface area contributed by atoms with Crippen LogP contribution in [0.4, 0.5) is 13.2 Å². The maximum absolute atomic E-state index is 12.8. The van der Waals surface area contributed by atoms with Crippen molar-refractivity contribution in [1.82, 2.24) is 4.90 Å². The molecule has 0 N–H and O–H groups in total. The van der Waals surface area contributed by atoms with Crippen LogP contribution in [0.5, 0.6) is 0 Å². The van der Waals surface area contributed by atoms with E-state index in [4.69, 9.17) is 4.74 Å². The van der Waals surface area contributed by atoms with E-state index in [9.17, 15) is 18.0 Å². The minimum Gasteiger partial charge on any atom is -0.460 e. The van der Waals surface area contributed by atoms with E-state index in [-0.39, 0.29) is 12.0 Å². The van der Waals surface area contributed by atoms with Crippen LogP contribution >= 0.6 is 0 Å². The largest absolute Gasteiger partial charge is 0.460 e. The molecule has 6 heteroatoms. The van der Waals surface area contributed by atoms with Gasteiger partial charge in [-0.1, -0.05) is 19.1 Å². The molecule has 0 aromatic heterocycles. The molecule has 152 valence electrons. The Kier molecular flexibility index (Phi) is 6.95. The molecule has 0 bridgehead atoms. The molecule has 2 rings (SSSR count). The second-order valence-corrected chi connectivity index (χ2v) is 8.31. The Balaban J connectivity index is 1.92. The van der Waals surface area contributed by atoms with E-state index >= 15 is 0 Å². The SMILES string of the molecule is CCC(c1ccc(C(F)(F)F)cc1)N1CCC(CC(=O)OC(C)(C)C)CC1. The number of hydrogen-bond donors (Lipinski definition) is 0. The van der Waals surface area contributed by atoms with E-state index in [1.54, 1.807) is 12.1 Å². The topological polar surface area (TPSA) is 29.5 Å². The third kappa shape index (κ3) is 6.52. The first-order chi connectivity index (χ1) is 12.5. The fourth-order valence-electron chi connectivity index (χ4n) is 3.69. The number of piperidine rings is 1. The van der Waals surface area contributed by atoms with Gasteiger partial charge in [0.2, 0.25) is 0 Å². The minimum atomic E-state index is -4.31. The highest BCUT2D eigenvalue weighted by atomic mass is 19.4. The van der Waals surface area contributed by atoms with Gasteiger partial charge in [0, 0.05) is 12.5 Å². The molecule has 1 aliphatic rings. The summed E-state index contributed by atoms with van der Waals surface area (Å²) in [5.74, 6) is 0.150. The van der Waals surface area contributed by atoms with Gasteiger partial charge in [-0.15, -0.1) is 0 Å². The number of likely N-dealkylation sites (tertiary alicyclic amines) is 1. The maximum atomic E-state index is 12.8. The zero-order valence-corrected chi connectivity index (χ0v) is 16.6. The minimum absolute atomic E-state index is 0.106. The van der Waals surface area contributed by atoms with E-state index in [0.29, 0.717) is 12.3 Å². The highest BCUT2D eigenvalue weighted by Crippen LogP contribution is 2.33. The van der Waals surface area contributed by atoms with E-state index < -0.39 is 17.3 Å². The van der Waals surface area contributed by atoms with Crippen molar-refractivity contribution in [2.75, 3.05) is 13.1 Å². The number of benzene rings is 1. The first-order valence-corrected chi connectivity index (χ1v) is 9.62. The molecular formula is C21H30F3NO2. The Morgan fingerprint density at radius 3 is 2.15 bits per heavy atom. The number of carbonyl (C=O) groups is 1. The summed E-state index contributed by atoms with van der Waals surface area (Å²) in [5.41, 5.74) is -0.165. The van der Waals surface area contributed by atoms with Crippen LogP contribution in [0.2, 0.25) is 0 Å². The van der Waals surface area contributed by atoms with Gasteiger partial charge >= 0.3 is 12.1 Å². The number of ether oxygens (including phenoxy) is 1. The van der Waals surface area contributed by atoms with Crippen LogP contribution in [-0.4, -0.2) is 29.6 Å². The number of carbonyl (C=O) groups excluding carboxylic acids is 1. The molecule has 3 nitrogen and oxygen atoms in total. The third-order valence-electron chi connectivity index (χ3n) is 4.97. The molecule has 1 unspecified atom stereocenters. The molecule has 1 atom stereocenters. The fraction of sp³-hybridized carbons (Fsp3) is 0.667. The first kappa shape index (κ1) is 21.7. The molecular weight excluding hydrogens is 355 g/mol. The standard InChI is InChI=1S/C21H30F3NO2/c1-5-18(16-6-8-17(9-7-16)21(22,23)24)25-12-10-15(11-13-25)14-19(26)27-20(2,3)4/h6-9,15,18H,5,10-14H2,1-4H3. The molecule has 0 saturated carbocycles. The summed E-state index contributed by atoms with van der Waals surface area (Å²) in [4.78, 5) is 14.3. The molecule has 27 heavy (non-hydrogen) atoms. The Morgan fingerprint density at radius 1 is 1.15 bits per heavy atom. The number of halogens is 3. The number of alkyl halides is 3. The fourth-order valence-corrected chi connectivity index (χ4v) is 3.69. The van der Waals surface area contributed by atoms with Crippen molar-refractivity contribution in [1.29, 1.82) is 0 Å². The monoisotopic (exact) mass is 385 g/mol. The second-order valence-electron chi connectivity index (χ2n) is 8.31. The van der Waals surface area contributed by atoms with E-state index in [1.807, 2.05) is 20.8 Å². The average molecular weight is 385 g/mol. The lowest BCUT2D eigenvalue weighted by molar-refractivity contribution is -0.156. The van der Waals surface area contributed by atoms with Crippen LogP contribution in [0.15, 0.2) is 24.3 Å². The highest BCUT2D eigenvalue weighted by molar-refractivity contribution is 5.70. The van der Waals surface area contributed by atoms with Crippen molar-refractivity contribution in [3.8, 4) is 0 Å². The molecule has 1 fully saturated rings. The Hall–Kier alpha value is -1.56. The van der Waals surface area contributed by atoms with Crippen molar-refractivity contribution in [2.24, 2.45) is 5.92 Å². The highest BCUT2D eigenvalue weighted by Gasteiger charge is 2.31. The summed E-state index contributed by atoms with van der Waals surface area (Å²) in [6.07, 6.45) is -1.24. The zero-order valence-electron chi connectivity index (χ0n) is 16.6. The van der Waals surface area contributed by atoms with Crippen LogP contribution < -0.4 is 0 Å². The summed E-state index contributed by atoms with van der Waals surface area (Å²) in [6, 6.07) is 5.60. The lowest BCUT2D eigenvalue weighted by Gasteiger charge is -2.37. The Labute approximate surface area is 159 Å². The summed E-state index contributed by atoms with van der Waals surface area (Å²) in [6.45, 7) is 9.32. The van der Waals surface area contributed by atoms with Gasteiger partial charge in [-0.25, -0.2) is 0 Å². The zero-order chi connectivity index (χ0) is 20.2. The van der Waals surface area contributed by atoms with E-state index in [0.717, 1.165) is 50.0 Å². The van der Waals surface area contributed by atoms with Gasteiger partial charge in [-0.2, -0.15) is 13.2 Å². The van der Waals surface area contributed by atoms with E-state index in [2.05, 4.69) is 11.8 Å². The molecule has 0 aliphatic carbocycles. The van der Waals surface area contributed by atoms with Crippen molar-refractivity contribution in [3.05, 3.63) is 35.4 Å². The summed E-state index contributed by atoms with van der Waals surface area (Å²) in [7, 11) is 0. The van der Waals surface area contributed by atoms with Crippen molar-refractivity contribution in [2.45, 2.75) is 71.2 Å².